The van der Waals surface area contributed by atoms with Gasteiger partial charge in [-0.25, -0.2) is 0 Å². The van der Waals surface area contributed by atoms with Crippen LogP contribution in [0.25, 0.3) is 0 Å². The number of nitrogens with one attached hydrogen (secondary N) is 1. The first-order chi connectivity index (χ1) is 8.60. The summed E-state index contributed by atoms with van der Waals surface area (Å²) in [5.41, 5.74) is 7.40. The Hall–Kier alpha value is -2.50. The van der Waals surface area contributed by atoms with E-state index in [9.17, 15) is 4.79 Å². The summed E-state index contributed by atoms with van der Waals surface area (Å²) in [5, 5.41) is 6.30. The maximum absolute atomic E-state index is 11.8. The fraction of sp³-hybridized carbons (Fsp3) is 0.167. The van der Waals surface area contributed by atoms with E-state index >= 15 is 0 Å². The highest BCUT2D eigenvalue weighted by molar-refractivity contribution is 6.02. The zero-order chi connectivity index (χ0) is 13.1. The Morgan fingerprint density at radius 3 is 2.78 bits per heavy atom. The Labute approximate surface area is 104 Å². The highest BCUT2D eigenvalue weighted by atomic mass is 16.5. The van der Waals surface area contributed by atoms with Gasteiger partial charge in [0.05, 0.1) is 18.5 Å². The van der Waals surface area contributed by atoms with Crippen LogP contribution in [0.3, 0.4) is 0 Å². The van der Waals surface area contributed by atoms with E-state index in [2.05, 4.69) is 10.5 Å². The van der Waals surface area contributed by atoms with Gasteiger partial charge in [0.15, 0.2) is 0 Å². The second-order valence-electron chi connectivity index (χ2n) is 3.74. The number of nitrogen functional groups attached to an aromatic ring is 1. The topological polar surface area (TPSA) is 90.4 Å². The van der Waals surface area contributed by atoms with Gasteiger partial charge in [-0.2, -0.15) is 0 Å². The molecule has 0 radical (unpaired) electrons. The maximum atomic E-state index is 11.8. The van der Waals surface area contributed by atoms with E-state index in [1.54, 1.807) is 31.2 Å². The quantitative estimate of drug-likeness (QED) is 0.807. The highest BCUT2D eigenvalue weighted by Gasteiger charge is 2.12. The summed E-state index contributed by atoms with van der Waals surface area (Å²) in [6.07, 6.45) is 0. The van der Waals surface area contributed by atoms with Crippen molar-refractivity contribution >= 4 is 17.3 Å². The molecule has 1 aromatic heterocycles. The van der Waals surface area contributed by atoms with E-state index in [1.807, 2.05) is 0 Å². The molecule has 0 spiro atoms. The summed E-state index contributed by atoms with van der Waals surface area (Å²) in [5.74, 6) is 0.338. The van der Waals surface area contributed by atoms with Crippen molar-refractivity contribution in [1.82, 2.24) is 5.16 Å². The van der Waals surface area contributed by atoms with Crippen molar-refractivity contribution in [2.75, 3.05) is 18.2 Å². The molecule has 6 heteroatoms. The van der Waals surface area contributed by atoms with Crippen LogP contribution < -0.4 is 15.8 Å². The molecule has 0 bridgehead atoms. The first kappa shape index (κ1) is 12.0. The van der Waals surface area contributed by atoms with Crippen LogP contribution in [0.2, 0.25) is 0 Å². The molecule has 1 amide bonds. The van der Waals surface area contributed by atoms with E-state index in [-0.39, 0.29) is 11.7 Å². The van der Waals surface area contributed by atoms with Gasteiger partial charge in [-0.15, -0.1) is 0 Å². The van der Waals surface area contributed by atoms with Crippen molar-refractivity contribution in [2.45, 2.75) is 6.92 Å². The standard InChI is InChI=1S/C12H13N3O3/c1-7-5-11(18-15-7)12(16)14-8-3-4-10(17-2)9(13)6-8/h3-6H,13H2,1-2H3,(H,14,16). The van der Waals surface area contributed by atoms with E-state index in [0.29, 0.717) is 22.8 Å². The molecule has 2 aromatic rings. The van der Waals surface area contributed by atoms with E-state index < -0.39 is 0 Å². The number of aromatic nitrogens is 1. The lowest BCUT2D eigenvalue weighted by Crippen LogP contribution is -2.11. The molecular weight excluding hydrogens is 234 g/mol. The number of rotatable bonds is 3. The first-order valence-corrected chi connectivity index (χ1v) is 5.28. The molecule has 0 aliphatic rings. The number of amides is 1. The molecule has 2 rings (SSSR count). The second kappa shape index (κ2) is 4.79. The minimum atomic E-state index is -0.375. The number of methoxy groups -OCH3 is 1. The molecule has 0 saturated heterocycles. The van der Waals surface area contributed by atoms with Crippen molar-refractivity contribution < 1.29 is 14.1 Å². The first-order valence-electron chi connectivity index (χ1n) is 5.28. The van der Waals surface area contributed by atoms with Crippen molar-refractivity contribution in [3.8, 4) is 5.75 Å². The van der Waals surface area contributed by atoms with Crippen molar-refractivity contribution in [1.29, 1.82) is 0 Å². The minimum absolute atomic E-state index is 0.155. The lowest BCUT2D eigenvalue weighted by molar-refractivity contribution is 0.0988. The number of anilines is 2. The second-order valence-corrected chi connectivity index (χ2v) is 3.74. The van der Waals surface area contributed by atoms with E-state index in [4.69, 9.17) is 15.0 Å². The zero-order valence-corrected chi connectivity index (χ0v) is 10.1. The van der Waals surface area contributed by atoms with Crippen LogP contribution >= 0.6 is 0 Å². The smallest absolute Gasteiger partial charge is 0.294 e. The molecule has 0 saturated carbocycles. The Morgan fingerprint density at radius 1 is 1.44 bits per heavy atom. The summed E-state index contributed by atoms with van der Waals surface area (Å²) >= 11 is 0. The van der Waals surface area contributed by atoms with Gasteiger partial charge in [-0.05, 0) is 25.1 Å². The van der Waals surface area contributed by atoms with Crippen LogP contribution in [-0.2, 0) is 0 Å². The third-order valence-corrected chi connectivity index (χ3v) is 2.34. The number of ether oxygens (including phenoxy) is 1. The zero-order valence-electron chi connectivity index (χ0n) is 10.1. The lowest BCUT2D eigenvalue weighted by atomic mass is 10.2. The molecular formula is C12H13N3O3. The number of carbonyl (C=O) groups excluding carboxylic acids is 1. The molecule has 18 heavy (non-hydrogen) atoms. The average Bonchev–Trinajstić information content (AvgIpc) is 2.76. The van der Waals surface area contributed by atoms with Gasteiger partial charge in [-0.1, -0.05) is 5.16 Å². The summed E-state index contributed by atoms with van der Waals surface area (Å²) in [6.45, 7) is 1.74. The molecule has 3 N–H and O–H groups in total. The maximum Gasteiger partial charge on any atom is 0.294 e. The van der Waals surface area contributed by atoms with Gasteiger partial charge in [0.25, 0.3) is 5.91 Å². The van der Waals surface area contributed by atoms with Crippen LogP contribution in [0.15, 0.2) is 28.8 Å². The Kier molecular flexibility index (Phi) is 3.18. The Bertz CT molecular complexity index is 578. The molecule has 0 aliphatic heterocycles. The number of hydrogen-bond donors (Lipinski definition) is 2. The van der Waals surface area contributed by atoms with Gasteiger partial charge in [0.2, 0.25) is 5.76 Å². The molecule has 0 atom stereocenters. The Balaban J connectivity index is 2.14. The van der Waals surface area contributed by atoms with Crippen molar-refractivity contribution in [3.63, 3.8) is 0 Å². The normalized spacial score (nSPS) is 10.1. The fourth-order valence-corrected chi connectivity index (χ4v) is 1.48. The predicted molar refractivity (Wildman–Crippen MR) is 66.6 cm³/mol. The number of nitrogens with two attached hydrogens (primary N) is 1. The van der Waals surface area contributed by atoms with Crippen LogP contribution in [0.4, 0.5) is 11.4 Å². The summed E-state index contributed by atoms with van der Waals surface area (Å²) in [7, 11) is 1.53. The summed E-state index contributed by atoms with van der Waals surface area (Å²) < 4.78 is 9.88. The number of carbonyl (C=O) groups is 1. The van der Waals surface area contributed by atoms with E-state index in [1.165, 1.54) is 7.11 Å². The summed E-state index contributed by atoms with van der Waals surface area (Å²) in [4.78, 5) is 11.8. The molecule has 0 unspecified atom stereocenters. The lowest BCUT2D eigenvalue weighted by Gasteiger charge is -2.07. The number of hydrogen-bond acceptors (Lipinski definition) is 5. The van der Waals surface area contributed by atoms with Gasteiger partial charge >= 0.3 is 0 Å². The fourth-order valence-electron chi connectivity index (χ4n) is 1.48. The number of benzene rings is 1. The predicted octanol–water partition coefficient (Wildman–Crippen LogP) is 1.83. The van der Waals surface area contributed by atoms with Crippen LogP contribution in [0.5, 0.6) is 5.75 Å². The van der Waals surface area contributed by atoms with Crippen LogP contribution in [-0.4, -0.2) is 18.2 Å². The monoisotopic (exact) mass is 247 g/mol. The molecule has 1 aromatic carbocycles. The third-order valence-electron chi connectivity index (χ3n) is 2.34. The van der Waals surface area contributed by atoms with Crippen LogP contribution in [0.1, 0.15) is 16.2 Å². The SMILES string of the molecule is COc1ccc(NC(=O)c2cc(C)no2)cc1N. The van der Waals surface area contributed by atoms with E-state index in [0.717, 1.165) is 0 Å². The number of nitrogens with zero attached hydrogens (tertiary/aromatic N) is 1. The van der Waals surface area contributed by atoms with Gasteiger partial charge < -0.3 is 20.3 Å². The highest BCUT2D eigenvalue weighted by Crippen LogP contribution is 2.24. The molecule has 1 heterocycles. The Morgan fingerprint density at radius 2 is 2.22 bits per heavy atom. The molecule has 6 nitrogen and oxygen atoms in total. The van der Waals surface area contributed by atoms with Gasteiger partial charge in [0.1, 0.15) is 5.75 Å². The van der Waals surface area contributed by atoms with Crippen molar-refractivity contribution in [2.24, 2.45) is 0 Å². The van der Waals surface area contributed by atoms with Crippen molar-refractivity contribution in [3.05, 3.63) is 35.7 Å². The third kappa shape index (κ3) is 2.42. The number of aryl methyl sites for hydroxylation is 1. The molecule has 94 valence electrons. The van der Waals surface area contributed by atoms with Gasteiger partial charge in [0, 0.05) is 11.8 Å². The average molecular weight is 247 g/mol. The summed E-state index contributed by atoms with van der Waals surface area (Å²) in [6, 6.07) is 6.54. The molecule has 0 fully saturated rings. The van der Waals surface area contributed by atoms with Gasteiger partial charge in [-0.3, -0.25) is 4.79 Å². The largest absolute Gasteiger partial charge is 0.495 e. The van der Waals surface area contributed by atoms with Crippen LogP contribution in [0, 0.1) is 6.92 Å². The molecule has 0 aliphatic carbocycles. The minimum Gasteiger partial charge on any atom is -0.495 e.